The smallest absolute Gasteiger partial charge is 0.262 e. The molecule has 2 bridgehead atoms. The highest BCUT2D eigenvalue weighted by Gasteiger charge is 2.36. The summed E-state index contributed by atoms with van der Waals surface area (Å²) < 4.78 is 4.90. The molecule has 0 aliphatic carbocycles. The van der Waals surface area contributed by atoms with E-state index in [1.54, 1.807) is 41.2 Å². The molecule has 0 aromatic carbocycles. The van der Waals surface area contributed by atoms with Gasteiger partial charge in [-0.3, -0.25) is 14.4 Å². The number of aromatic nitrogens is 5. The first-order valence-corrected chi connectivity index (χ1v) is 10.4. The Morgan fingerprint density at radius 1 is 1.10 bits per heavy atom. The lowest BCUT2D eigenvalue weighted by Crippen LogP contribution is -2.50. The van der Waals surface area contributed by atoms with Crippen LogP contribution >= 0.6 is 0 Å². The van der Waals surface area contributed by atoms with Gasteiger partial charge in [-0.2, -0.15) is 5.10 Å². The first-order valence-electron chi connectivity index (χ1n) is 10.4. The lowest BCUT2D eigenvalue weighted by atomic mass is 9.83. The zero-order valence-electron chi connectivity index (χ0n) is 16.7. The number of hydrogen-bond donors (Lipinski definition) is 0. The number of pyridine rings is 2. The number of nitrogens with zero attached hydrogens (tertiary/aromatic N) is 6. The van der Waals surface area contributed by atoms with Gasteiger partial charge in [-0.15, -0.1) is 0 Å². The van der Waals surface area contributed by atoms with Gasteiger partial charge in [0, 0.05) is 55.8 Å². The van der Waals surface area contributed by atoms with Crippen molar-refractivity contribution in [2.45, 2.75) is 25.4 Å². The van der Waals surface area contributed by atoms with Crippen LogP contribution < -0.4 is 11.1 Å². The number of carbonyl (C=O) groups excluding carboxylic acids is 1. The maximum absolute atomic E-state index is 13.1. The van der Waals surface area contributed by atoms with Gasteiger partial charge < -0.3 is 14.0 Å². The molecule has 1 fully saturated rings. The van der Waals surface area contributed by atoms with Gasteiger partial charge in [0.05, 0.1) is 17.1 Å². The fraction of sp³-hybridized carbons (Fsp3) is 0.318. The van der Waals surface area contributed by atoms with Crippen molar-refractivity contribution < 1.29 is 4.79 Å². The van der Waals surface area contributed by atoms with Crippen LogP contribution in [-0.2, 0) is 17.9 Å². The number of carbonyl (C=O) groups is 1. The van der Waals surface area contributed by atoms with Crippen molar-refractivity contribution in [2.24, 2.45) is 5.92 Å². The van der Waals surface area contributed by atoms with E-state index in [0.29, 0.717) is 36.2 Å². The molecule has 0 radical (unpaired) electrons. The third kappa shape index (κ3) is 2.80. The molecule has 0 unspecified atom stereocenters. The summed E-state index contributed by atoms with van der Waals surface area (Å²) in [6.45, 7) is 1.79. The molecule has 6 heterocycles. The highest BCUT2D eigenvalue weighted by atomic mass is 16.2. The summed E-state index contributed by atoms with van der Waals surface area (Å²) in [6.07, 6.45) is 5.80. The predicted octanol–water partition coefficient (Wildman–Crippen LogP) is 0.852. The quantitative estimate of drug-likeness (QED) is 0.483. The van der Waals surface area contributed by atoms with Crippen LogP contribution in [0.25, 0.3) is 16.6 Å². The molecule has 4 aromatic rings. The average Bonchev–Trinajstić information content (AvgIpc) is 3.25. The fourth-order valence-corrected chi connectivity index (χ4v) is 5.07. The normalized spacial score (nSPS) is 20.2. The van der Waals surface area contributed by atoms with E-state index in [-0.39, 0.29) is 35.4 Å². The minimum Gasteiger partial charge on any atom is -0.340 e. The molecule has 6 rings (SSSR count). The third-order valence-corrected chi connectivity index (χ3v) is 6.49. The molecule has 9 heteroatoms. The van der Waals surface area contributed by atoms with Gasteiger partial charge in [-0.05, 0) is 24.5 Å². The molecule has 2 aliphatic rings. The van der Waals surface area contributed by atoms with Gasteiger partial charge in [-0.25, -0.2) is 9.50 Å². The lowest BCUT2D eigenvalue weighted by molar-refractivity contribution is -0.134. The van der Waals surface area contributed by atoms with E-state index in [9.17, 15) is 14.4 Å². The molecule has 4 aromatic heterocycles. The maximum atomic E-state index is 13.1. The van der Waals surface area contributed by atoms with E-state index in [1.165, 1.54) is 10.8 Å². The Hall–Kier alpha value is -3.75. The average molecular weight is 416 g/mol. The Bertz CT molecular complexity index is 1470. The zero-order chi connectivity index (χ0) is 21.1. The molecule has 0 saturated carbocycles. The van der Waals surface area contributed by atoms with Crippen LogP contribution in [0.1, 0.15) is 18.0 Å². The van der Waals surface area contributed by atoms with Crippen LogP contribution in [0.5, 0.6) is 0 Å². The highest BCUT2D eigenvalue weighted by Crippen LogP contribution is 2.34. The first-order chi connectivity index (χ1) is 15.1. The van der Waals surface area contributed by atoms with Gasteiger partial charge in [0.1, 0.15) is 6.54 Å². The lowest BCUT2D eigenvalue weighted by Gasteiger charge is -2.42. The minimum absolute atomic E-state index is 0.0209. The zero-order valence-corrected chi connectivity index (χ0v) is 16.7. The summed E-state index contributed by atoms with van der Waals surface area (Å²) >= 11 is 0. The second kappa shape index (κ2) is 6.63. The van der Waals surface area contributed by atoms with Crippen LogP contribution in [0.2, 0.25) is 0 Å². The highest BCUT2D eigenvalue weighted by molar-refractivity contribution is 5.80. The van der Waals surface area contributed by atoms with Crippen molar-refractivity contribution in [2.75, 3.05) is 13.1 Å². The largest absolute Gasteiger partial charge is 0.340 e. The SMILES string of the molecule is O=C(Cn1ccc2c(cnc3ccnn32)c1=O)N1C[C@@H]2C[C@H](C1)c1cccc(=O)n1C2. The third-order valence-electron chi connectivity index (χ3n) is 6.49. The first kappa shape index (κ1) is 18.1. The number of rotatable bonds is 2. The summed E-state index contributed by atoms with van der Waals surface area (Å²) in [5, 5.41) is 4.64. The van der Waals surface area contributed by atoms with Crippen LogP contribution in [-0.4, -0.2) is 47.6 Å². The number of hydrogen-bond acceptors (Lipinski definition) is 5. The van der Waals surface area contributed by atoms with Crippen LogP contribution in [0.4, 0.5) is 0 Å². The molecule has 9 nitrogen and oxygen atoms in total. The minimum atomic E-state index is -0.259. The van der Waals surface area contributed by atoms with Crippen molar-refractivity contribution in [1.29, 1.82) is 0 Å². The molecule has 2 aliphatic heterocycles. The van der Waals surface area contributed by atoms with E-state index in [4.69, 9.17) is 0 Å². The molecular weight excluding hydrogens is 396 g/mol. The Labute approximate surface area is 176 Å². The van der Waals surface area contributed by atoms with Crippen LogP contribution in [0.3, 0.4) is 0 Å². The van der Waals surface area contributed by atoms with E-state index < -0.39 is 0 Å². The van der Waals surface area contributed by atoms with Gasteiger partial charge in [0.15, 0.2) is 5.65 Å². The second-order valence-electron chi connectivity index (χ2n) is 8.40. The fourth-order valence-electron chi connectivity index (χ4n) is 5.07. The van der Waals surface area contributed by atoms with Gasteiger partial charge in [-0.1, -0.05) is 6.07 Å². The van der Waals surface area contributed by atoms with Crippen molar-refractivity contribution in [1.82, 2.24) is 28.6 Å². The Balaban J connectivity index is 1.28. The monoisotopic (exact) mass is 416 g/mol. The van der Waals surface area contributed by atoms with Crippen molar-refractivity contribution in [3.63, 3.8) is 0 Å². The van der Waals surface area contributed by atoms with Gasteiger partial charge in [0.2, 0.25) is 5.91 Å². The maximum Gasteiger partial charge on any atom is 0.262 e. The molecule has 31 heavy (non-hydrogen) atoms. The summed E-state index contributed by atoms with van der Waals surface area (Å²) in [4.78, 5) is 44.4. The summed E-state index contributed by atoms with van der Waals surface area (Å²) in [5.74, 6) is 0.313. The van der Waals surface area contributed by atoms with Crippen LogP contribution in [0.15, 0.2) is 58.5 Å². The van der Waals surface area contributed by atoms with Crippen molar-refractivity contribution >= 4 is 22.5 Å². The van der Waals surface area contributed by atoms with Crippen LogP contribution in [0, 0.1) is 5.92 Å². The Kier molecular flexibility index (Phi) is 3.86. The molecule has 1 saturated heterocycles. The van der Waals surface area contributed by atoms with Crippen molar-refractivity contribution in [3.8, 4) is 0 Å². The topological polar surface area (TPSA) is 94.5 Å². The molecule has 2 atom stereocenters. The number of amides is 1. The summed E-state index contributed by atoms with van der Waals surface area (Å²) in [6, 6.07) is 8.92. The standard InChI is InChI=1S/C22H20N6O3/c29-20-3-1-2-17-15-8-14(11-27(17)20)10-26(12-15)21(30)13-25-7-5-18-16(22(25)31)9-23-19-4-6-24-28(18)19/h1-7,9,14-15H,8,10-13H2/t14-,15+/m0/s1. The predicted molar refractivity (Wildman–Crippen MR) is 113 cm³/mol. The summed E-state index contributed by atoms with van der Waals surface area (Å²) in [7, 11) is 0. The number of fused-ring (bicyclic) bond motifs is 7. The van der Waals surface area contributed by atoms with E-state index >= 15 is 0 Å². The van der Waals surface area contributed by atoms with E-state index in [2.05, 4.69) is 10.1 Å². The second-order valence-corrected chi connectivity index (χ2v) is 8.40. The Morgan fingerprint density at radius 2 is 2.00 bits per heavy atom. The Morgan fingerprint density at radius 3 is 2.90 bits per heavy atom. The summed E-state index contributed by atoms with van der Waals surface area (Å²) in [5.41, 5.74) is 2.09. The number of likely N-dealkylation sites (tertiary alicyclic amines) is 1. The molecular formula is C22H20N6O3. The van der Waals surface area contributed by atoms with E-state index in [1.807, 2.05) is 15.5 Å². The molecule has 1 amide bonds. The van der Waals surface area contributed by atoms with Crippen molar-refractivity contribution in [3.05, 3.63) is 75.3 Å². The molecule has 0 spiro atoms. The van der Waals surface area contributed by atoms with Gasteiger partial charge >= 0.3 is 0 Å². The number of piperidine rings is 1. The van der Waals surface area contributed by atoms with E-state index in [0.717, 1.165) is 12.1 Å². The molecule has 156 valence electrons. The molecule has 0 N–H and O–H groups in total. The van der Waals surface area contributed by atoms with Gasteiger partial charge in [0.25, 0.3) is 11.1 Å².